The summed E-state index contributed by atoms with van der Waals surface area (Å²) in [5.41, 5.74) is 8.13. The second-order valence-electron chi connectivity index (χ2n) is 6.39. The van der Waals surface area contributed by atoms with Crippen LogP contribution in [0.1, 0.15) is 37.4 Å². The van der Waals surface area contributed by atoms with E-state index in [2.05, 4.69) is 47.2 Å². The molecule has 0 aliphatic rings. The van der Waals surface area contributed by atoms with E-state index in [1.54, 1.807) is 0 Å². The van der Waals surface area contributed by atoms with Crippen LogP contribution in [0.3, 0.4) is 0 Å². The van der Waals surface area contributed by atoms with Gasteiger partial charge < -0.3 is 11.1 Å². The van der Waals surface area contributed by atoms with Gasteiger partial charge in [-0.25, -0.2) is 0 Å². The number of carbonyl (C=O) groups is 1. The second kappa shape index (κ2) is 7.75. The Balaban J connectivity index is 1.89. The normalized spacial score (nSPS) is 12.7. The summed E-state index contributed by atoms with van der Waals surface area (Å²) in [5, 5.41) is 3.01. The molecule has 0 bridgehead atoms. The van der Waals surface area contributed by atoms with E-state index in [1.807, 2.05) is 42.5 Å². The van der Waals surface area contributed by atoms with Crippen molar-refractivity contribution >= 4 is 21.8 Å². The molecule has 0 saturated heterocycles. The zero-order valence-corrected chi connectivity index (χ0v) is 15.1. The number of carbonyl (C=O) groups excluding carboxylic acids is 1. The molecule has 0 heterocycles. The van der Waals surface area contributed by atoms with Crippen molar-refractivity contribution in [2.75, 3.05) is 6.54 Å². The first-order valence-corrected chi connectivity index (χ1v) is 8.51. The number of nitrogens with two attached hydrogens (primary N) is 1. The zero-order valence-electron chi connectivity index (χ0n) is 13.6. The van der Waals surface area contributed by atoms with E-state index < -0.39 is 0 Å². The Morgan fingerprint density at radius 2 is 1.74 bits per heavy atom. The van der Waals surface area contributed by atoms with Gasteiger partial charge in [-0.2, -0.15) is 0 Å². The fraction of sp³-hybridized carbons (Fsp3) is 0.316. The van der Waals surface area contributed by atoms with E-state index in [9.17, 15) is 4.79 Å². The van der Waals surface area contributed by atoms with Crippen LogP contribution < -0.4 is 11.1 Å². The van der Waals surface area contributed by atoms with Gasteiger partial charge in [0.05, 0.1) is 0 Å². The molecule has 0 fully saturated rings. The molecule has 0 spiro atoms. The molecule has 1 atom stereocenters. The Hall–Kier alpha value is -1.65. The van der Waals surface area contributed by atoms with Gasteiger partial charge in [-0.1, -0.05) is 72.2 Å². The van der Waals surface area contributed by atoms with Crippen molar-refractivity contribution < 1.29 is 4.79 Å². The standard InChI is InChI=1S/C19H23BrN2O/c1-19(2,15-8-10-16(20)11-9-15)13-22-18(23)12-17(21)14-6-4-3-5-7-14/h3-11,17H,12-13,21H2,1-2H3,(H,22,23). The van der Waals surface area contributed by atoms with Gasteiger partial charge in [-0.15, -0.1) is 0 Å². The molecule has 1 unspecified atom stereocenters. The van der Waals surface area contributed by atoms with Gasteiger partial charge >= 0.3 is 0 Å². The van der Waals surface area contributed by atoms with Crippen LogP contribution in [0.5, 0.6) is 0 Å². The molecule has 3 N–H and O–H groups in total. The molecule has 3 nitrogen and oxygen atoms in total. The fourth-order valence-corrected chi connectivity index (χ4v) is 2.68. The maximum Gasteiger partial charge on any atom is 0.221 e. The highest BCUT2D eigenvalue weighted by molar-refractivity contribution is 9.10. The summed E-state index contributed by atoms with van der Waals surface area (Å²) in [4.78, 5) is 12.2. The van der Waals surface area contributed by atoms with Crippen molar-refractivity contribution in [3.05, 3.63) is 70.2 Å². The lowest BCUT2D eigenvalue weighted by Crippen LogP contribution is -2.37. The predicted octanol–water partition coefficient (Wildman–Crippen LogP) is 3.93. The monoisotopic (exact) mass is 374 g/mol. The number of rotatable bonds is 6. The quantitative estimate of drug-likeness (QED) is 0.804. The largest absolute Gasteiger partial charge is 0.355 e. The number of nitrogens with one attached hydrogen (secondary N) is 1. The average molecular weight is 375 g/mol. The lowest BCUT2D eigenvalue weighted by atomic mass is 9.84. The van der Waals surface area contributed by atoms with Gasteiger partial charge in [0.15, 0.2) is 0 Å². The molecule has 23 heavy (non-hydrogen) atoms. The molecule has 0 aliphatic heterocycles. The van der Waals surface area contributed by atoms with Crippen LogP contribution in [0.15, 0.2) is 59.1 Å². The van der Waals surface area contributed by atoms with E-state index in [1.165, 1.54) is 5.56 Å². The summed E-state index contributed by atoms with van der Waals surface area (Å²) in [5.74, 6) is -0.0217. The number of benzene rings is 2. The van der Waals surface area contributed by atoms with Crippen LogP contribution >= 0.6 is 15.9 Å². The highest BCUT2D eigenvalue weighted by atomic mass is 79.9. The van der Waals surface area contributed by atoms with Gasteiger partial charge in [0.1, 0.15) is 0 Å². The Bertz CT molecular complexity index is 638. The van der Waals surface area contributed by atoms with Crippen molar-refractivity contribution in [2.45, 2.75) is 31.7 Å². The Morgan fingerprint density at radius 1 is 1.13 bits per heavy atom. The number of halogens is 1. The van der Waals surface area contributed by atoms with Gasteiger partial charge in [-0.3, -0.25) is 4.79 Å². The number of amides is 1. The third kappa shape index (κ3) is 5.19. The van der Waals surface area contributed by atoms with Crippen LogP contribution in [0, 0.1) is 0 Å². The molecule has 2 aromatic carbocycles. The van der Waals surface area contributed by atoms with Crippen LogP contribution in [-0.4, -0.2) is 12.5 Å². The molecule has 0 aromatic heterocycles. The molecular weight excluding hydrogens is 352 g/mol. The van der Waals surface area contributed by atoms with E-state index in [4.69, 9.17) is 5.73 Å². The molecule has 2 aromatic rings. The number of hydrogen-bond donors (Lipinski definition) is 2. The minimum absolute atomic E-state index is 0.0217. The Morgan fingerprint density at radius 3 is 2.35 bits per heavy atom. The first-order chi connectivity index (χ1) is 10.9. The van der Waals surface area contributed by atoms with E-state index in [-0.39, 0.29) is 17.4 Å². The molecule has 122 valence electrons. The highest BCUT2D eigenvalue weighted by Crippen LogP contribution is 2.24. The first-order valence-electron chi connectivity index (χ1n) is 7.72. The summed E-state index contributed by atoms with van der Waals surface area (Å²) in [6.45, 7) is 4.82. The predicted molar refractivity (Wildman–Crippen MR) is 98.2 cm³/mol. The summed E-state index contributed by atoms with van der Waals surface area (Å²) in [7, 11) is 0. The summed E-state index contributed by atoms with van der Waals surface area (Å²) in [6, 6.07) is 17.6. The van der Waals surface area contributed by atoms with Crippen LogP contribution in [0.4, 0.5) is 0 Å². The molecule has 4 heteroatoms. The minimum Gasteiger partial charge on any atom is -0.355 e. The van der Waals surface area contributed by atoms with Gasteiger partial charge in [0.25, 0.3) is 0 Å². The van der Waals surface area contributed by atoms with Crippen molar-refractivity contribution in [2.24, 2.45) is 5.73 Å². The Kier molecular flexibility index (Phi) is 5.97. The molecule has 0 aliphatic carbocycles. The molecular formula is C19H23BrN2O. The third-order valence-electron chi connectivity index (χ3n) is 3.99. The van der Waals surface area contributed by atoms with Crippen molar-refractivity contribution in [1.29, 1.82) is 0 Å². The maximum absolute atomic E-state index is 12.2. The zero-order chi connectivity index (χ0) is 16.9. The van der Waals surface area contributed by atoms with Crippen LogP contribution in [-0.2, 0) is 10.2 Å². The first kappa shape index (κ1) is 17.7. The van der Waals surface area contributed by atoms with Crippen molar-refractivity contribution in [3.63, 3.8) is 0 Å². The number of hydrogen-bond acceptors (Lipinski definition) is 2. The lowest BCUT2D eigenvalue weighted by molar-refractivity contribution is -0.121. The molecule has 0 saturated carbocycles. The van der Waals surface area contributed by atoms with E-state index >= 15 is 0 Å². The summed E-state index contributed by atoms with van der Waals surface area (Å²) >= 11 is 3.44. The van der Waals surface area contributed by atoms with Gasteiger partial charge in [-0.05, 0) is 23.3 Å². The lowest BCUT2D eigenvalue weighted by Gasteiger charge is -2.26. The smallest absolute Gasteiger partial charge is 0.221 e. The molecule has 1 amide bonds. The van der Waals surface area contributed by atoms with Gasteiger partial charge in [0, 0.05) is 28.9 Å². The van der Waals surface area contributed by atoms with Crippen LogP contribution in [0.25, 0.3) is 0 Å². The van der Waals surface area contributed by atoms with E-state index in [0.717, 1.165) is 10.0 Å². The SMILES string of the molecule is CC(C)(CNC(=O)CC(N)c1ccccc1)c1ccc(Br)cc1. The topological polar surface area (TPSA) is 55.1 Å². The minimum atomic E-state index is -0.271. The fourth-order valence-electron chi connectivity index (χ4n) is 2.41. The van der Waals surface area contributed by atoms with Crippen LogP contribution in [0.2, 0.25) is 0 Å². The average Bonchev–Trinajstić information content (AvgIpc) is 2.54. The summed E-state index contributed by atoms with van der Waals surface area (Å²) < 4.78 is 1.05. The molecule has 0 radical (unpaired) electrons. The third-order valence-corrected chi connectivity index (χ3v) is 4.51. The van der Waals surface area contributed by atoms with Gasteiger partial charge in [0.2, 0.25) is 5.91 Å². The van der Waals surface area contributed by atoms with Crippen molar-refractivity contribution in [1.82, 2.24) is 5.32 Å². The molecule has 2 rings (SSSR count). The second-order valence-corrected chi connectivity index (χ2v) is 7.30. The van der Waals surface area contributed by atoms with E-state index in [0.29, 0.717) is 13.0 Å². The Labute approximate surface area is 146 Å². The summed E-state index contributed by atoms with van der Waals surface area (Å²) in [6.07, 6.45) is 0.292. The maximum atomic E-state index is 12.2. The highest BCUT2D eigenvalue weighted by Gasteiger charge is 2.22. The van der Waals surface area contributed by atoms with Crippen molar-refractivity contribution in [3.8, 4) is 0 Å².